The van der Waals surface area contributed by atoms with Crippen LogP contribution in [0.3, 0.4) is 0 Å². The van der Waals surface area contributed by atoms with Gasteiger partial charge in [0.15, 0.2) is 0 Å². The maximum absolute atomic E-state index is 11.5. The number of para-hydroxylation sites is 1. The number of hydrogen-bond donors (Lipinski definition) is 2. The van der Waals surface area contributed by atoms with Gasteiger partial charge in [-0.1, -0.05) is 18.2 Å². The molecule has 0 spiro atoms. The summed E-state index contributed by atoms with van der Waals surface area (Å²) < 4.78 is 0. The minimum absolute atomic E-state index is 0.120. The zero-order chi connectivity index (χ0) is 15.4. The van der Waals surface area contributed by atoms with E-state index in [4.69, 9.17) is 5.73 Å². The SMILES string of the molecule is NC(=O)[C@@H]1CCCN1Cc1ccccc1NCc1ccsc1. The molecule has 22 heavy (non-hydrogen) atoms. The fourth-order valence-corrected chi connectivity index (χ4v) is 3.65. The number of likely N-dealkylation sites (tertiary alicyclic amines) is 1. The number of nitrogens with zero attached hydrogens (tertiary/aromatic N) is 1. The lowest BCUT2D eigenvalue weighted by molar-refractivity contribution is -0.122. The Bertz CT molecular complexity index is 627. The summed E-state index contributed by atoms with van der Waals surface area (Å²) in [5.74, 6) is -0.207. The summed E-state index contributed by atoms with van der Waals surface area (Å²) in [6.45, 7) is 2.52. The average molecular weight is 315 g/mol. The monoisotopic (exact) mass is 315 g/mol. The van der Waals surface area contributed by atoms with Gasteiger partial charge < -0.3 is 11.1 Å². The standard InChI is InChI=1S/C17H21N3OS/c18-17(21)16-6-3-8-20(16)11-14-4-1-2-5-15(14)19-10-13-7-9-22-12-13/h1-2,4-5,7,9,12,16,19H,3,6,8,10-11H2,(H2,18,21)/t16-/m0/s1. The summed E-state index contributed by atoms with van der Waals surface area (Å²) in [5, 5.41) is 7.74. The Morgan fingerprint density at radius 1 is 1.36 bits per heavy atom. The molecule has 3 rings (SSSR count). The summed E-state index contributed by atoms with van der Waals surface area (Å²) in [6, 6.07) is 10.3. The van der Waals surface area contributed by atoms with Gasteiger partial charge in [-0.2, -0.15) is 11.3 Å². The topological polar surface area (TPSA) is 58.4 Å². The number of carbonyl (C=O) groups is 1. The number of nitrogens with two attached hydrogens (primary N) is 1. The Morgan fingerprint density at radius 2 is 2.23 bits per heavy atom. The van der Waals surface area contributed by atoms with Gasteiger partial charge >= 0.3 is 0 Å². The highest BCUT2D eigenvalue weighted by Gasteiger charge is 2.29. The fraction of sp³-hybridized carbons (Fsp3) is 0.353. The minimum Gasteiger partial charge on any atom is -0.381 e. The minimum atomic E-state index is -0.207. The molecule has 116 valence electrons. The number of nitrogens with one attached hydrogen (secondary N) is 1. The molecular formula is C17H21N3OS. The van der Waals surface area contributed by atoms with Gasteiger partial charge in [0.25, 0.3) is 0 Å². The fourth-order valence-electron chi connectivity index (χ4n) is 2.98. The molecule has 1 aliphatic heterocycles. The van der Waals surface area contributed by atoms with E-state index >= 15 is 0 Å². The maximum Gasteiger partial charge on any atom is 0.234 e. The summed E-state index contributed by atoms with van der Waals surface area (Å²) in [5.41, 5.74) is 9.14. The second-order valence-electron chi connectivity index (χ2n) is 5.67. The predicted molar refractivity (Wildman–Crippen MR) is 90.7 cm³/mol. The number of rotatable bonds is 6. The Morgan fingerprint density at radius 3 is 3.00 bits per heavy atom. The van der Waals surface area contributed by atoms with Crippen LogP contribution in [0.15, 0.2) is 41.1 Å². The van der Waals surface area contributed by atoms with E-state index in [1.54, 1.807) is 11.3 Å². The smallest absolute Gasteiger partial charge is 0.234 e. The van der Waals surface area contributed by atoms with Crippen molar-refractivity contribution in [2.75, 3.05) is 11.9 Å². The molecule has 1 atom stereocenters. The van der Waals surface area contributed by atoms with Crippen LogP contribution in [-0.2, 0) is 17.9 Å². The second-order valence-corrected chi connectivity index (χ2v) is 6.45. The molecule has 2 aromatic rings. The third kappa shape index (κ3) is 3.48. The van der Waals surface area contributed by atoms with Crippen molar-refractivity contribution >= 4 is 22.9 Å². The van der Waals surface area contributed by atoms with Crippen LogP contribution in [-0.4, -0.2) is 23.4 Å². The third-order valence-corrected chi connectivity index (χ3v) is 4.88. The number of thiophene rings is 1. The normalized spacial score (nSPS) is 18.5. The van der Waals surface area contributed by atoms with Crippen molar-refractivity contribution < 1.29 is 4.79 Å². The van der Waals surface area contributed by atoms with Crippen molar-refractivity contribution in [1.82, 2.24) is 4.90 Å². The van der Waals surface area contributed by atoms with Gasteiger partial charge in [0.05, 0.1) is 6.04 Å². The van der Waals surface area contributed by atoms with E-state index in [-0.39, 0.29) is 11.9 Å². The van der Waals surface area contributed by atoms with E-state index in [2.05, 4.69) is 39.2 Å². The first-order valence-electron chi connectivity index (χ1n) is 7.60. The third-order valence-electron chi connectivity index (χ3n) is 4.15. The highest BCUT2D eigenvalue weighted by atomic mass is 32.1. The molecule has 1 fully saturated rings. The zero-order valence-electron chi connectivity index (χ0n) is 12.5. The van der Waals surface area contributed by atoms with E-state index in [1.165, 1.54) is 11.1 Å². The van der Waals surface area contributed by atoms with Crippen LogP contribution >= 0.6 is 11.3 Å². The van der Waals surface area contributed by atoms with Crippen molar-refractivity contribution in [2.24, 2.45) is 5.73 Å². The molecule has 4 nitrogen and oxygen atoms in total. The van der Waals surface area contributed by atoms with E-state index in [1.807, 2.05) is 12.1 Å². The van der Waals surface area contributed by atoms with Crippen molar-refractivity contribution in [3.05, 3.63) is 52.2 Å². The van der Waals surface area contributed by atoms with Crippen LogP contribution in [0.4, 0.5) is 5.69 Å². The van der Waals surface area contributed by atoms with Crippen LogP contribution in [0, 0.1) is 0 Å². The molecule has 3 N–H and O–H groups in total. The maximum atomic E-state index is 11.5. The van der Waals surface area contributed by atoms with Crippen LogP contribution in [0.1, 0.15) is 24.0 Å². The number of hydrogen-bond acceptors (Lipinski definition) is 4. The summed E-state index contributed by atoms with van der Waals surface area (Å²) in [4.78, 5) is 13.7. The van der Waals surface area contributed by atoms with Crippen LogP contribution in [0.5, 0.6) is 0 Å². The van der Waals surface area contributed by atoms with Crippen LogP contribution in [0.2, 0.25) is 0 Å². The average Bonchev–Trinajstić information content (AvgIpc) is 3.17. The molecule has 5 heteroatoms. The largest absolute Gasteiger partial charge is 0.381 e. The predicted octanol–water partition coefficient (Wildman–Crippen LogP) is 2.81. The van der Waals surface area contributed by atoms with Crippen molar-refractivity contribution in [3.8, 4) is 0 Å². The molecule has 0 radical (unpaired) electrons. The Labute approximate surface area is 134 Å². The van der Waals surface area contributed by atoms with Gasteiger partial charge in [0, 0.05) is 18.8 Å². The number of benzene rings is 1. The summed E-state index contributed by atoms with van der Waals surface area (Å²) in [7, 11) is 0. The van der Waals surface area contributed by atoms with Gasteiger partial charge in [-0.05, 0) is 53.4 Å². The Hall–Kier alpha value is -1.85. The van der Waals surface area contributed by atoms with Gasteiger partial charge in [0.1, 0.15) is 0 Å². The molecule has 0 saturated carbocycles. The molecule has 1 aromatic carbocycles. The van der Waals surface area contributed by atoms with Gasteiger partial charge in [-0.3, -0.25) is 9.69 Å². The number of carbonyl (C=O) groups excluding carboxylic acids is 1. The Balaban J connectivity index is 1.69. The van der Waals surface area contributed by atoms with E-state index in [0.29, 0.717) is 0 Å². The molecule has 0 unspecified atom stereocenters. The van der Waals surface area contributed by atoms with E-state index in [0.717, 1.165) is 38.2 Å². The van der Waals surface area contributed by atoms with Crippen LogP contribution in [0.25, 0.3) is 0 Å². The molecule has 1 aliphatic rings. The molecule has 1 aromatic heterocycles. The van der Waals surface area contributed by atoms with Crippen molar-refractivity contribution in [3.63, 3.8) is 0 Å². The first-order chi connectivity index (χ1) is 10.7. The molecule has 0 aliphatic carbocycles. The number of anilines is 1. The molecule has 1 amide bonds. The van der Waals surface area contributed by atoms with Crippen molar-refractivity contribution in [2.45, 2.75) is 32.0 Å². The Kier molecular flexibility index (Phi) is 4.75. The van der Waals surface area contributed by atoms with Gasteiger partial charge in [0.2, 0.25) is 5.91 Å². The molecule has 2 heterocycles. The van der Waals surface area contributed by atoms with Crippen LogP contribution < -0.4 is 11.1 Å². The second kappa shape index (κ2) is 6.94. The lowest BCUT2D eigenvalue weighted by atomic mass is 10.1. The first kappa shape index (κ1) is 15.1. The zero-order valence-corrected chi connectivity index (χ0v) is 13.3. The molecule has 0 bridgehead atoms. The quantitative estimate of drug-likeness (QED) is 0.862. The summed E-state index contributed by atoms with van der Waals surface area (Å²) >= 11 is 1.71. The highest BCUT2D eigenvalue weighted by molar-refractivity contribution is 7.07. The van der Waals surface area contributed by atoms with E-state index in [9.17, 15) is 4.79 Å². The van der Waals surface area contributed by atoms with Gasteiger partial charge in [-0.25, -0.2) is 0 Å². The lowest BCUT2D eigenvalue weighted by Gasteiger charge is -2.23. The highest BCUT2D eigenvalue weighted by Crippen LogP contribution is 2.24. The van der Waals surface area contributed by atoms with E-state index < -0.39 is 0 Å². The summed E-state index contributed by atoms with van der Waals surface area (Å²) in [6.07, 6.45) is 1.91. The lowest BCUT2D eigenvalue weighted by Crippen LogP contribution is -2.39. The first-order valence-corrected chi connectivity index (χ1v) is 8.54. The van der Waals surface area contributed by atoms with Crippen molar-refractivity contribution in [1.29, 1.82) is 0 Å². The molecule has 1 saturated heterocycles. The number of amides is 1. The van der Waals surface area contributed by atoms with Gasteiger partial charge in [-0.15, -0.1) is 0 Å². The molecular weight excluding hydrogens is 294 g/mol. The number of primary amides is 1.